The van der Waals surface area contributed by atoms with Gasteiger partial charge in [-0.3, -0.25) is 0 Å². The van der Waals surface area contributed by atoms with Crippen LogP contribution in [0.5, 0.6) is 0 Å². The molecular formula is C11H19N3S. The second-order valence-corrected chi connectivity index (χ2v) is 5.01. The minimum atomic E-state index is 0.988. The molecule has 0 saturated carbocycles. The van der Waals surface area contributed by atoms with Crippen LogP contribution < -0.4 is 4.80 Å². The molecule has 0 radical (unpaired) electrons. The average Bonchev–Trinajstić information content (AvgIpc) is 2.43. The van der Waals surface area contributed by atoms with E-state index in [0.29, 0.717) is 0 Å². The van der Waals surface area contributed by atoms with Gasteiger partial charge < -0.3 is 4.57 Å². The van der Waals surface area contributed by atoms with Crippen molar-refractivity contribution in [2.24, 2.45) is 10.2 Å². The van der Waals surface area contributed by atoms with Gasteiger partial charge in [-0.1, -0.05) is 6.92 Å². The zero-order valence-corrected chi connectivity index (χ0v) is 11.0. The lowest BCUT2D eigenvalue weighted by atomic mass is 10.4. The predicted octanol–water partition coefficient (Wildman–Crippen LogP) is 2.87. The smallest absolute Gasteiger partial charge is 0.210 e. The molecule has 15 heavy (non-hydrogen) atoms. The number of thiazole rings is 1. The molecule has 84 valence electrons. The van der Waals surface area contributed by atoms with Crippen LogP contribution in [0.3, 0.4) is 0 Å². The number of aryl methyl sites for hydroxylation is 1. The first-order chi connectivity index (χ1) is 7.06. The maximum Gasteiger partial charge on any atom is 0.210 e. The highest BCUT2D eigenvalue weighted by molar-refractivity contribution is 7.09. The minimum absolute atomic E-state index is 0.988. The lowest BCUT2D eigenvalue weighted by Crippen LogP contribution is -2.15. The Hall–Kier alpha value is -0.900. The Morgan fingerprint density at radius 3 is 2.53 bits per heavy atom. The van der Waals surface area contributed by atoms with E-state index in [9.17, 15) is 0 Å². The van der Waals surface area contributed by atoms with Crippen molar-refractivity contribution in [1.29, 1.82) is 0 Å². The Kier molecular flexibility index (Phi) is 4.27. The molecule has 0 aliphatic heterocycles. The zero-order valence-electron chi connectivity index (χ0n) is 10.2. The summed E-state index contributed by atoms with van der Waals surface area (Å²) in [7, 11) is 0. The molecule has 0 atom stereocenters. The molecule has 0 amide bonds. The SMILES string of the molecule is CCCn1c(C)c(C)sc1=NN=C(C)C. The van der Waals surface area contributed by atoms with Crippen LogP contribution in [0.4, 0.5) is 0 Å². The first-order valence-electron chi connectivity index (χ1n) is 5.28. The van der Waals surface area contributed by atoms with E-state index in [2.05, 4.69) is 35.5 Å². The third-order valence-corrected chi connectivity index (χ3v) is 3.26. The Morgan fingerprint density at radius 2 is 2.00 bits per heavy atom. The molecule has 0 spiro atoms. The normalized spacial score (nSPS) is 11.9. The number of rotatable bonds is 3. The number of nitrogens with zero attached hydrogens (tertiary/aromatic N) is 3. The van der Waals surface area contributed by atoms with E-state index in [1.165, 1.54) is 10.6 Å². The van der Waals surface area contributed by atoms with Crippen molar-refractivity contribution in [2.75, 3.05) is 0 Å². The van der Waals surface area contributed by atoms with E-state index < -0.39 is 0 Å². The summed E-state index contributed by atoms with van der Waals surface area (Å²) >= 11 is 1.71. The molecule has 0 aliphatic rings. The summed E-state index contributed by atoms with van der Waals surface area (Å²) in [4.78, 5) is 2.33. The van der Waals surface area contributed by atoms with Crippen LogP contribution in [0.1, 0.15) is 37.8 Å². The van der Waals surface area contributed by atoms with Gasteiger partial charge in [0.2, 0.25) is 4.80 Å². The third kappa shape index (κ3) is 3.02. The third-order valence-electron chi connectivity index (χ3n) is 2.17. The van der Waals surface area contributed by atoms with E-state index in [0.717, 1.165) is 23.5 Å². The van der Waals surface area contributed by atoms with Gasteiger partial charge in [-0.05, 0) is 34.1 Å². The van der Waals surface area contributed by atoms with Crippen molar-refractivity contribution >= 4 is 17.0 Å². The molecule has 1 aromatic rings. The summed E-state index contributed by atoms with van der Waals surface area (Å²) in [6.07, 6.45) is 1.12. The topological polar surface area (TPSA) is 29.6 Å². The van der Waals surface area contributed by atoms with Gasteiger partial charge in [0.25, 0.3) is 0 Å². The number of hydrogen-bond acceptors (Lipinski definition) is 3. The van der Waals surface area contributed by atoms with Crippen LogP contribution >= 0.6 is 11.3 Å². The summed E-state index contributed by atoms with van der Waals surface area (Å²) < 4.78 is 2.24. The second kappa shape index (κ2) is 5.26. The van der Waals surface area contributed by atoms with E-state index in [4.69, 9.17) is 0 Å². The highest BCUT2D eigenvalue weighted by Crippen LogP contribution is 2.10. The largest absolute Gasteiger partial charge is 0.319 e. The first kappa shape index (κ1) is 12.2. The molecule has 1 aromatic heterocycles. The first-order valence-corrected chi connectivity index (χ1v) is 6.09. The molecule has 3 nitrogen and oxygen atoms in total. The fourth-order valence-corrected chi connectivity index (χ4v) is 2.26. The molecule has 0 unspecified atom stereocenters. The molecule has 1 rings (SSSR count). The maximum atomic E-state index is 4.28. The Bertz CT molecular complexity index is 420. The van der Waals surface area contributed by atoms with Crippen molar-refractivity contribution in [1.82, 2.24) is 4.57 Å². The van der Waals surface area contributed by atoms with Crippen molar-refractivity contribution in [2.45, 2.75) is 47.6 Å². The van der Waals surface area contributed by atoms with Gasteiger partial charge >= 0.3 is 0 Å². The summed E-state index contributed by atoms with van der Waals surface area (Å²) in [5.41, 5.74) is 2.30. The van der Waals surface area contributed by atoms with Crippen LogP contribution in [0.15, 0.2) is 10.2 Å². The van der Waals surface area contributed by atoms with Gasteiger partial charge in [0.15, 0.2) is 0 Å². The summed E-state index contributed by atoms with van der Waals surface area (Å²) in [5, 5.41) is 8.40. The van der Waals surface area contributed by atoms with Crippen LogP contribution in [0.2, 0.25) is 0 Å². The predicted molar refractivity (Wildman–Crippen MR) is 66.4 cm³/mol. The summed E-state index contributed by atoms with van der Waals surface area (Å²) in [6.45, 7) is 11.4. The Balaban J connectivity index is 3.23. The molecule has 0 saturated heterocycles. The molecule has 0 N–H and O–H groups in total. The minimum Gasteiger partial charge on any atom is -0.319 e. The van der Waals surface area contributed by atoms with Gasteiger partial charge in [0.1, 0.15) is 0 Å². The summed E-state index contributed by atoms with van der Waals surface area (Å²) in [6, 6.07) is 0. The van der Waals surface area contributed by atoms with E-state index in [-0.39, 0.29) is 0 Å². The maximum absolute atomic E-state index is 4.28. The van der Waals surface area contributed by atoms with Crippen LogP contribution in [0, 0.1) is 13.8 Å². The molecule has 4 heteroatoms. The second-order valence-electron chi connectivity index (χ2n) is 3.83. The van der Waals surface area contributed by atoms with Crippen molar-refractivity contribution in [3.05, 3.63) is 15.4 Å². The molecule has 0 aromatic carbocycles. The molecule has 0 fully saturated rings. The quantitative estimate of drug-likeness (QED) is 0.559. The van der Waals surface area contributed by atoms with E-state index in [1.807, 2.05) is 13.8 Å². The molecule has 0 bridgehead atoms. The molecular weight excluding hydrogens is 206 g/mol. The number of hydrogen-bond donors (Lipinski definition) is 0. The van der Waals surface area contributed by atoms with Crippen LogP contribution in [0.25, 0.3) is 0 Å². The lowest BCUT2D eigenvalue weighted by molar-refractivity contribution is 0.638. The van der Waals surface area contributed by atoms with Crippen molar-refractivity contribution < 1.29 is 0 Å². The van der Waals surface area contributed by atoms with Gasteiger partial charge in [-0.15, -0.1) is 16.4 Å². The zero-order chi connectivity index (χ0) is 11.4. The van der Waals surface area contributed by atoms with E-state index in [1.54, 1.807) is 11.3 Å². The lowest BCUT2D eigenvalue weighted by Gasteiger charge is -2.02. The standard InChI is InChI=1S/C11H19N3S/c1-6-7-14-9(4)10(5)15-11(14)13-12-8(2)3/h6-7H2,1-5H3. The van der Waals surface area contributed by atoms with E-state index >= 15 is 0 Å². The highest BCUT2D eigenvalue weighted by atomic mass is 32.1. The van der Waals surface area contributed by atoms with Gasteiger partial charge in [0, 0.05) is 22.8 Å². The van der Waals surface area contributed by atoms with Crippen molar-refractivity contribution in [3.8, 4) is 0 Å². The fraction of sp³-hybridized carbons (Fsp3) is 0.636. The average molecular weight is 225 g/mol. The molecule has 0 aliphatic carbocycles. The molecule has 1 heterocycles. The van der Waals surface area contributed by atoms with Crippen molar-refractivity contribution in [3.63, 3.8) is 0 Å². The fourth-order valence-electron chi connectivity index (χ4n) is 1.30. The summed E-state index contributed by atoms with van der Waals surface area (Å²) in [5.74, 6) is 0. The number of aromatic nitrogens is 1. The monoisotopic (exact) mass is 225 g/mol. The Morgan fingerprint density at radius 1 is 1.33 bits per heavy atom. The Labute approximate surface area is 95.2 Å². The van der Waals surface area contributed by atoms with Gasteiger partial charge in [0.05, 0.1) is 0 Å². The van der Waals surface area contributed by atoms with Crippen LogP contribution in [-0.2, 0) is 6.54 Å². The highest BCUT2D eigenvalue weighted by Gasteiger charge is 2.04. The van der Waals surface area contributed by atoms with Gasteiger partial charge in [-0.25, -0.2) is 0 Å². The van der Waals surface area contributed by atoms with Crippen LogP contribution in [-0.4, -0.2) is 10.3 Å². The van der Waals surface area contributed by atoms with Gasteiger partial charge in [-0.2, -0.15) is 5.10 Å².